The molecule has 0 bridgehead atoms. The maximum atomic E-state index is 13.0. The van der Waals surface area contributed by atoms with Gasteiger partial charge in [-0.05, 0) is 35.6 Å². The van der Waals surface area contributed by atoms with E-state index in [9.17, 15) is 14.3 Å². The molecule has 3 aromatic heterocycles. The number of aromatic nitrogens is 3. The lowest BCUT2D eigenvalue weighted by atomic mass is 10.1. The van der Waals surface area contributed by atoms with E-state index in [-0.39, 0.29) is 24.8 Å². The molecule has 1 saturated carbocycles. The number of pyridine rings is 3. The number of fused-ring (bicyclic) bond motifs is 1. The van der Waals surface area contributed by atoms with Crippen molar-refractivity contribution in [3.63, 3.8) is 0 Å². The normalized spacial score (nSPS) is 18.7. The van der Waals surface area contributed by atoms with Crippen LogP contribution in [0, 0.1) is 5.92 Å². The highest BCUT2D eigenvalue weighted by Gasteiger charge is 2.43. The third kappa shape index (κ3) is 2.95. The van der Waals surface area contributed by atoms with Gasteiger partial charge in [0.25, 0.3) is 0 Å². The highest BCUT2D eigenvalue weighted by atomic mass is 19.1. The molecule has 2 atom stereocenters. The summed E-state index contributed by atoms with van der Waals surface area (Å²) >= 11 is 0. The van der Waals surface area contributed by atoms with Crippen molar-refractivity contribution in [2.24, 2.45) is 5.92 Å². The Balaban J connectivity index is 1.73. The molecular weight excluding hydrogens is 337 g/mol. The summed E-state index contributed by atoms with van der Waals surface area (Å²) in [6.07, 6.45) is 3.91. The highest BCUT2D eigenvalue weighted by Crippen LogP contribution is 2.35. The molecule has 0 aromatic carbocycles. The first-order chi connectivity index (χ1) is 12.6. The fourth-order valence-electron chi connectivity index (χ4n) is 2.83. The van der Waals surface area contributed by atoms with Crippen LogP contribution in [0.3, 0.4) is 0 Å². The summed E-state index contributed by atoms with van der Waals surface area (Å²) in [5.74, 6) is -0.358. The van der Waals surface area contributed by atoms with Crippen molar-refractivity contribution in [1.29, 1.82) is 0 Å². The molecule has 1 amide bonds. The molecule has 2 unspecified atom stereocenters. The third-order valence-corrected chi connectivity index (χ3v) is 4.40. The van der Waals surface area contributed by atoms with Crippen molar-refractivity contribution in [3.8, 4) is 11.3 Å². The fourth-order valence-corrected chi connectivity index (χ4v) is 2.83. The Morgan fingerprint density at radius 2 is 2.19 bits per heavy atom. The fraction of sp³-hybridized carbons (Fsp3) is 0.222. The molecule has 3 heterocycles. The second-order valence-electron chi connectivity index (χ2n) is 6.22. The van der Waals surface area contributed by atoms with Gasteiger partial charge in [-0.3, -0.25) is 9.78 Å². The third-order valence-electron chi connectivity index (χ3n) is 4.40. The maximum absolute atomic E-state index is 13.0. The molecule has 0 radical (unpaired) electrons. The number of nitrogens with zero attached hydrogens (tertiary/aromatic N) is 3. The number of nitrogens with one attached hydrogen (secondary N) is 1. The standard InChI is InChI=1S/C18H16FN5O2/c19-14-5-11(14)18(26)24-16-4-10-3-15(23-17(20)13(10)7-22-16)12-6-21-2-1-9(12)8-25/h1-4,6-7,11,14,25H,5,8H2,(H2,20,23)(H,22,24,26). The van der Waals surface area contributed by atoms with E-state index in [4.69, 9.17) is 5.73 Å². The van der Waals surface area contributed by atoms with Crippen LogP contribution in [-0.4, -0.2) is 32.1 Å². The number of amides is 1. The van der Waals surface area contributed by atoms with Gasteiger partial charge in [-0.25, -0.2) is 14.4 Å². The van der Waals surface area contributed by atoms with Crippen LogP contribution in [0.4, 0.5) is 16.0 Å². The Morgan fingerprint density at radius 1 is 1.38 bits per heavy atom. The van der Waals surface area contributed by atoms with Crippen LogP contribution < -0.4 is 11.1 Å². The van der Waals surface area contributed by atoms with Crippen LogP contribution in [0.15, 0.2) is 36.8 Å². The number of rotatable bonds is 4. The Morgan fingerprint density at radius 3 is 2.92 bits per heavy atom. The van der Waals surface area contributed by atoms with E-state index in [0.29, 0.717) is 28.0 Å². The average Bonchev–Trinajstić information content (AvgIpc) is 3.38. The lowest BCUT2D eigenvalue weighted by Crippen LogP contribution is -2.15. The Labute approximate surface area is 148 Å². The predicted octanol–water partition coefficient (Wildman–Crippen LogP) is 2.06. The Kier molecular flexibility index (Phi) is 3.96. The largest absolute Gasteiger partial charge is 0.392 e. The van der Waals surface area contributed by atoms with Crippen molar-refractivity contribution in [2.45, 2.75) is 19.2 Å². The van der Waals surface area contributed by atoms with Gasteiger partial charge in [0.1, 0.15) is 17.8 Å². The van der Waals surface area contributed by atoms with E-state index in [0.717, 1.165) is 5.39 Å². The van der Waals surface area contributed by atoms with Crippen LogP contribution >= 0.6 is 0 Å². The molecule has 0 spiro atoms. The van der Waals surface area contributed by atoms with Crippen LogP contribution in [-0.2, 0) is 11.4 Å². The van der Waals surface area contributed by atoms with Gasteiger partial charge in [0, 0.05) is 29.5 Å². The van der Waals surface area contributed by atoms with Crippen molar-refractivity contribution in [1.82, 2.24) is 15.0 Å². The van der Waals surface area contributed by atoms with E-state index in [1.54, 1.807) is 30.6 Å². The zero-order valence-electron chi connectivity index (χ0n) is 13.7. The molecule has 3 aromatic rings. The molecular formula is C18H16FN5O2. The number of halogens is 1. The molecule has 8 heteroatoms. The van der Waals surface area contributed by atoms with Crippen molar-refractivity contribution in [2.75, 3.05) is 11.1 Å². The van der Waals surface area contributed by atoms with Gasteiger partial charge in [-0.1, -0.05) is 0 Å². The summed E-state index contributed by atoms with van der Waals surface area (Å²) < 4.78 is 13.0. The first kappa shape index (κ1) is 16.3. The second kappa shape index (κ2) is 6.30. The summed E-state index contributed by atoms with van der Waals surface area (Å²) in [6.45, 7) is -0.152. The summed E-state index contributed by atoms with van der Waals surface area (Å²) in [7, 11) is 0. The van der Waals surface area contributed by atoms with Gasteiger partial charge in [-0.2, -0.15) is 0 Å². The van der Waals surface area contributed by atoms with Crippen molar-refractivity contribution in [3.05, 3.63) is 42.4 Å². The number of nitrogen functional groups attached to an aromatic ring is 1. The first-order valence-electron chi connectivity index (χ1n) is 8.12. The predicted molar refractivity (Wildman–Crippen MR) is 94.7 cm³/mol. The molecule has 0 aliphatic heterocycles. The maximum Gasteiger partial charge on any atom is 0.231 e. The smallest absolute Gasteiger partial charge is 0.231 e. The van der Waals surface area contributed by atoms with Gasteiger partial charge >= 0.3 is 0 Å². The molecule has 7 nitrogen and oxygen atoms in total. The minimum absolute atomic E-state index is 0.152. The summed E-state index contributed by atoms with van der Waals surface area (Å²) in [6, 6.07) is 5.16. The second-order valence-corrected chi connectivity index (χ2v) is 6.22. The van der Waals surface area contributed by atoms with Crippen LogP contribution in [0.1, 0.15) is 12.0 Å². The number of aliphatic hydroxyl groups excluding tert-OH is 1. The number of carbonyl (C=O) groups excluding carboxylic acids is 1. The van der Waals surface area contributed by atoms with Crippen molar-refractivity contribution >= 4 is 28.3 Å². The molecule has 1 aliphatic rings. The van der Waals surface area contributed by atoms with Gasteiger partial charge in [-0.15, -0.1) is 0 Å². The van der Waals surface area contributed by atoms with E-state index >= 15 is 0 Å². The van der Waals surface area contributed by atoms with E-state index < -0.39 is 12.1 Å². The molecule has 1 fully saturated rings. The number of carbonyl (C=O) groups is 1. The number of hydrogen-bond donors (Lipinski definition) is 3. The van der Waals surface area contributed by atoms with Gasteiger partial charge in [0.2, 0.25) is 5.91 Å². The molecule has 26 heavy (non-hydrogen) atoms. The zero-order valence-corrected chi connectivity index (χ0v) is 13.7. The molecule has 4 rings (SSSR count). The first-order valence-corrected chi connectivity index (χ1v) is 8.12. The number of anilines is 2. The minimum atomic E-state index is -1.07. The van der Waals surface area contributed by atoms with Gasteiger partial charge < -0.3 is 16.2 Å². The number of nitrogens with two attached hydrogens (primary N) is 1. The summed E-state index contributed by atoms with van der Waals surface area (Å²) in [5.41, 5.74) is 7.95. The summed E-state index contributed by atoms with van der Waals surface area (Å²) in [5, 5.41) is 13.5. The summed E-state index contributed by atoms with van der Waals surface area (Å²) in [4.78, 5) is 24.5. The molecule has 4 N–H and O–H groups in total. The zero-order chi connectivity index (χ0) is 18.3. The van der Waals surface area contributed by atoms with Gasteiger partial charge in [0.05, 0.1) is 18.2 Å². The number of alkyl halides is 1. The number of hydrogen-bond acceptors (Lipinski definition) is 6. The molecule has 132 valence electrons. The topological polar surface area (TPSA) is 114 Å². The Bertz CT molecular complexity index is 1010. The van der Waals surface area contributed by atoms with Crippen LogP contribution in [0.5, 0.6) is 0 Å². The highest BCUT2D eigenvalue weighted by molar-refractivity contribution is 5.98. The van der Waals surface area contributed by atoms with Crippen molar-refractivity contribution < 1.29 is 14.3 Å². The van der Waals surface area contributed by atoms with E-state index in [1.165, 1.54) is 6.20 Å². The molecule has 0 saturated heterocycles. The quantitative estimate of drug-likeness (QED) is 0.661. The average molecular weight is 353 g/mol. The van der Waals surface area contributed by atoms with E-state index in [1.807, 2.05) is 0 Å². The van der Waals surface area contributed by atoms with E-state index in [2.05, 4.69) is 20.3 Å². The monoisotopic (exact) mass is 353 g/mol. The minimum Gasteiger partial charge on any atom is -0.392 e. The Hall–Kier alpha value is -3.13. The van der Waals surface area contributed by atoms with Crippen LogP contribution in [0.2, 0.25) is 0 Å². The van der Waals surface area contributed by atoms with Crippen LogP contribution in [0.25, 0.3) is 22.0 Å². The molecule has 1 aliphatic carbocycles. The lowest BCUT2D eigenvalue weighted by molar-refractivity contribution is -0.117. The lowest BCUT2D eigenvalue weighted by Gasteiger charge is -2.10. The number of aliphatic hydroxyl groups is 1. The van der Waals surface area contributed by atoms with Gasteiger partial charge in [0.15, 0.2) is 0 Å². The SMILES string of the molecule is Nc1nc(-c2cnccc2CO)cc2cc(NC(=O)C3CC3F)ncc12.